The predicted octanol–water partition coefficient (Wildman–Crippen LogP) is 1.45. The minimum absolute atomic E-state index is 0.0138. The molecule has 7 heteroatoms. The standard InChI is InChI=1S/C25H39NO6/c1-5-26-11-23(12-30-3)7-6-19(28)25-15-8-14-17(31-4)10-24(29,16(22(25)26)9-18(23)25)20(15)21(14)32-13(2)27/h14-22,28-29H,5-12H2,1-4H3/t14-,15?,16+,17?,18?,19+,20?,21+,22-,23?,24+,25?/m1/s1. The average molecular weight is 450 g/mol. The van der Waals surface area contributed by atoms with Gasteiger partial charge in [-0.25, -0.2) is 0 Å². The third kappa shape index (κ3) is 2.28. The van der Waals surface area contributed by atoms with Gasteiger partial charge in [0.1, 0.15) is 6.10 Å². The lowest BCUT2D eigenvalue weighted by molar-refractivity contribution is -0.274. The van der Waals surface area contributed by atoms with E-state index in [1.807, 2.05) is 0 Å². The first-order valence-corrected chi connectivity index (χ1v) is 12.6. The molecule has 32 heavy (non-hydrogen) atoms. The van der Waals surface area contributed by atoms with Crippen molar-refractivity contribution in [1.29, 1.82) is 0 Å². The van der Waals surface area contributed by atoms with E-state index in [1.165, 1.54) is 6.92 Å². The van der Waals surface area contributed by atoms with Crippen LogP contribution in [-0.4, -0.2) is 85.0 Å². The maximum Gasteiger partial charge on any atom is 0.302 e. The monoisotopic (exact) mass is 449 g/mol. The first kappa shape index (κ1) is 21.8. The number of nitrogens with zero attached hydrogens (tertiary/aromatic N) is 1. The molecular formula is C25H39NO6. The molecule has 6 fully saturated rings. The minimum atomic E-state index is -0.942. The van der Waals surface area contributed by atoms with Gasteiger partial charge in [-0.05, 0) is 44.1 Å². The molecule has 7 nitrogen and oxygen atoms in total. The molecule has 5 aliphatic carbocycles. The number of methoxy groups -OCH3 is 2. The zero-order valence-electron chi connectivity index (χ0n) is 19.8. The van der Waals surface area contributed by atoms with E-state index >= 15 is 0 Å². The highest BCUT2D eigenvalue weighted by atomic mass is 16.5. The summed E-state index contributed by atoms with van der Waals surface area (Å²) in [5.74, 6) is 0.164. The van der Waals surface area contributed by atoms with Crippen molar-refractivity contribution in [2.75, 3.05) is 33.9 Å². The number of aliphatic hydroxyl groups is 2. The summed E-state index contributed by atoms with van der Waals surface area (Å²) in [4.78, 5) is 14.7. The van der Waals surface area contributed by atoms with Crippen molar-refractivity contribution in [3.05, 3.63) is 0 Å². The van der Waals surface area contributed by atoms with Crippen molar-refractivity contribution in [2.45, 2.75) is 75.9 Å². The molecule has 0 radical (unpaired) electrons. The summed E-state index contributed by atoms with van der Waals surface area (Å²) < 4.78 is 17.7. The summed E-state index contributed by atoms with van der Waals surface area (Å²) in [6.07, 6.45) is 3.27. The number of fused-ring (bicyclic) bond motifs is 2. The third-order valence-electron chi connectivity index (χ3n) is 11.2. The molecule has 0 aromatic rings. The number of hydrogen-bond acceptors (Lipinski definition) is 7. The van der Waals surface area contributed by atoms with Crippen LogP contribution in [-0.2, 0) is 19.0 Å². The van der Waals surface area contributed by atoms with E-state index < -0.39 is 11.7 Å². The van der Waals surface area contributed by atoms with Crippen LogP contribution in [0.4, 0.5) is 0 Å². The average Bonchev–Trinajstić information content (AvgIpc) is 3.20. The normalized spacial score (nSPS) is 57.5. The molecule has 6 aliphatic rings. The van der Waals surface area contributed by atoms with E-state index in [0.717, 1.165) is 38.8 Å². The smallest absolute Gasteiger partial charge is 0.302 e. The Bertz CT molecular complexity index is 807. The SMILES string of the molecule is CCN1CC2(COC)CC[C@H](O)C34C5C[C@@H]6C(OC)C[C@@](O)(C5[C@H]6OC(C)=O)[C@@H](CC23)[C@@H]14. The highest BCUT2D eigenvalue weighted by Gasteiger charge is 2.83. The van der Waals surface area contributed by atoms with E-state index in [-0.39, 0.29) is 58.7 Å². The van der Waals surface area contributed by atoms with Gasteiger partial charge in [-0.1, -0.05) is 6.92 Å². The van der Waals surface area contributed by atoms with E-state index in [1.54, 1.807) is 14.2 Å². The summed E-state index contributed by atoms with van der Waals surface area (Å²) in [5, 5.41) is 24.4. The molecule has 5 saturated carbocycles. The topological polar surface area (TPSA) is 88.5 Å². The number of aliphatic hydroxyl groups excluding tert-OH is 1. The molecule has 6 rings (SSSR count). The van der Waals surface area contributed by atoms with Gasteiger partial charge in [0.25, 0.3) is 0 Å². The first-order valence-electron chi connectivity index (χ1n) is 12.6. The van der Waals surface area contributed by atoms with E-state index in [4.69, 9.17) is 14.2 Å². The molecule has 0 amide bonds. The summed E-state index contributed by atoms with van der Waals surface area (Å²) in [5.41, 5.74) is -1.20. The molecule has 180 valence electrons. The molecule has 12 atom stereocenters. The zero-order chi connectivity index (χ0) is 22.6. The van der Waals surface area contributed by atoms with Gasteiger partial charge in [0.2, 0.25) is 0 Å². The quantitative estimate of drug-likeness (QED) is 0.614. The number of piperidine rings is 1. The van der Waals surface area contributed by atoms with Gasteiger partial charge in [-0.3, -0.25) is 9.69 Å². The molecule has 0 aromatic carbocycles. The number of esters is 1. The van der Waals surface area contributed by atoms with Crippen molar-refractivity contribution in [3.8, 4) is 0 Å². The number of carbonyl (C=O) groups excluding carboxylic acids is 1. The summed E-state index contributed by atoms with van der Waals surface area (Å²) in [7, 11) is 3.51. The van der Waals surface area contributed by atoms with Crippen molar-refractivity contribution in [3.63, 3.8) is 0 Å². The van der Waals surface area contributed by atoms with Crippen LogP contribution in [0.15, 0.2) is 0 Å². The van der Waals surface area contributed by atoms with Crippen LogP contribution in [0, 0.1) is 40.4 Å². The molecule has 0 aromatic heterocycles. The van der Waals surface area contributed by atoms with Crippen LogP contribution in [0.1, 0.15) is 46.0 Å². The van der Waals surface area contributed by atoms with Gasteiger partial charge in [0, 0.05) is 68.7 Å². The molecular weight excluding hydrogens is 410 g/mol. The van der Waals surface area contributed by atoms with Crippen LogP contribution in [0.2, 0.25) is 0 Å². The third-order valence-corrected chi connectivity index (χ3v) is 11.2. The Morgan fingerprint density at radius 2 is 2.00 bits per heavy atom. The van der Waals surface area contributed by atoms with Crippen molar-refractivity contribution < 1.29 is 29.2 Å². The Balaban J connectivity index is 1.56. The fraction of sp³-hybridized carbons (Fsp3) is 0.960. The minimum Gasteiger partial charge on any atom is -0.462 e. The lowest BCUT2D eigenvalue weighted by Gasteiger charge is -2.69. The number of hydrogen-bond donors (Lipinski definition) is 2. The van der Waals surface area contributed by atoms with Gasteiger partial charge in [0.15, 0.2) is 0 Å². The highest BCUT2D eigenvalue weighted by molar-refractivity contribution is 5.66. The number of rotatable bonds is 5. The van der Waals surface area contributed by atoms with Crippen molar-refractivity contribution in [1.82, 2.24) is 4.90 Å². The molecule has 7 bridgehead atoms. The van der Waals surface area contributed by atoms with Gasteiger partial charge < -0.3 is 24.4 Å². The summed E-state index contributed by atoms with van der Waals surface area (Å²) >= 11 is 0. The van der Waals surface area contributed by atoms with E-state index in [9.17, 15) is 15.0 Å². The lowest BCUT2D eigenvalue weighted by atomic mass is 9.43. The van der Waals surface area contributed by atoms with Gasteiger partial charge in [0.05, 0.1) is 24.4 Å². The van der Waals surface area contributed by atoms with E-state index in [2.05, 4.69) is 11.8 Å². The van der Waals surface area contributed by atoms with Crippen LogP contribution < -0.4 is 0 Å². The van der Waals surface area contributed by atoms with Crippen LogP contribution in [0.5, 0.6) is 0 Å². The Morgan fingerprint density at radius 3 is 2.66 bits per heavy atom. The van der Waals surface area contributed by atoms with Gasteiger partial charge in [-0.15, -0.1) is 0 Å². The maximum absolute atomic E-state index is 12.5. The maximum atomic E-state index is 12.5. The second kappa shape index (κ2) is 6.91. The zero-order valence-corrected chi connectivity index (χ0v) is 19.8. The lowest BCUT2D eigenvalue weighted by Crippen LogP contribution is -2.76. The van der Waals surface area contributed by atoms with Crippen LogP contribution in [0.25, 0.3) is 0 Å². The number of carbonyl (C=O) groups is 1. The Hall–Kier alpha value is -0.730. The fourth-order valence-corrected chi connectivity index (χ4v) is 10.7. The van der Waals surface area contributed by atoms with Crippen LogP contribution >= 0.6 is 0 Å². The Kier molecular flexibility index (Phi) is 4.70. The highest BCUT2D eigenvalue weighted by Crippen LogP contribution is 2.79. The van der Waals surface area contributed by atoms with Crippen LogP contribution in [0.3, 0.4) is 0 Å². The Morgan fingerprint density at radius 1 is 1.22 bits per heavy atom. The van der Waals surface area contributed by atoms with Gasteiger partial charge >= 0.3 is 5.97 Å². The summed E-state index contributed by atoms with van der Waals surface area (Å²) in [6, 6.07) is 0.163. The molecule has 1 saturated heterocycles. The Labute approximate surface area is 190 Å². The summed E-state index contributed by atoms with van der Waals surface area (Å²) in [6.45, 7) is 6.27. The molecule has 2 N–H and O–H groups in total. The first-order chi connectivity index (χ1) is 15.3. The van der Waals surface area contributed by atoms with Crippen molar-refractivity contribution >= 4 is 5.97 Å². The predicted molar refractivity (Wildman–Crippen MR) is 116 cm³/mol. The van der Waals surface area contributed by atoms with E-state index in [0.29, 0.717) is 18.9 Å². The fourth-order valence-electron chi connectivity index (χ4n) is 10.7. The molecule has 1 aliphatic heterocycles. The second-order valence-electron chi connectivity index (χ2n) is 11.8. The number of ether oxygens (including phenoxy) is 3. The largest absolute Gasteiger partial charge is 0.462 e. The second-order valence-corrected chi connectivity index (χ2v) is 11.8. The molecule has 6 unspecified atom stereocenters. The molecule has 1 heterocycles. The molecule has 1 spiro atoms. The van der Waals surface area contributed by atoms with Crippen molar-refractivity contribution in [2.24, 2.45) is 40.4 Å². The number of likely N-dealkylation sites (tertiary alicyclic amines) is 1. The van der Waals surface area contributed by atoms with Gasteiger partial charge in [-0.2, -0.15) is 0 Å².